The molecular weight excluding hydrogens is 355 g/mol. The molecule has 1 aliphatic heterocycles. The first-order chi connectivity index (χ1) is 11.3. The molecule has 2 aromatic rings. The second-order valence-electron chi connectivity index (χ2n) is 6.35. The van der Waals surface area contributed by atoms with E-state index < -0.39 is 0 Å². The number of piperazine rings is 1. The van der Waals surface area contributed by atoms with Gasteiger partial charge in [-0.25, -0.2) is 0 Å². The normalized spacial score (nSPS) is 15.9. The zero-order valence-electron chi connectivity index (χ0n) is 15.2. The van der Waals surface area contributed by atoms with Crippen LogP contribution in [0.15, 0.2) is 36.4 Å². The van der Waals surface area contributed by atoms with Crippen molar-refractivity contribution in [1.82, 2.24) is 10.2 Å². The molecule has 0 radical (unpaired) electrons. The first-order valence-electron chi connectivity index (χ1n) is 8.85. The van der Waals surface area contributed by atoms with E-state index >= 15 is 0 Å². The van der Waals surface area contributed by atoms with Crippen molar-refractivity contribution < 1.29 is 4.74 Å². The maximum Gasteiger partial charge on any atom is 0.124 e. The summed E-state index contributed by atoms with van der Waals surface area (Å²) in [6.45, 7) is 6.65. The van der Waals surface area contributed by atoms with Gasteiger partial charge < -0.3 is 10.1 Å². The van der Waals surface area contributed by atoms with Crippen LogP contribution in [0, 0.1) is 0 Å². The summed E-state index contributed by atoms with van der Waals surface area (Å²) < 4.78 is 5.76. The minimum absolute atomic E-state index is 0. The van der Waals surface area contributed by atoms with Gasteiger partial charge in [0.25, 0.3) is 0 Å². The third-order valence-electron chi connectivity index (χ3n) is 4.91. The average molecular weight is 385 g/mol. The van der Waals surface area contributed by atoms with E-state index in [-0.39, 0.29) is 24.8 Å². The number of rotatable bonds is 6. The second-order valence-corrected chi connectivity index (χ2v) is 6.35. The minimum atomic E-state index is 0. The topological polar surface area (TPSA) is 24.5 Å². The molecule has 1 N–H and O–H groups in total. The average Bonchev–Trinajstić information content (AvgIpc) is 2.63. The highest BCUT2D eigenvalue weighted by molar-refractivity contribution is 5.88. The van der Waals surface area contributed by atoms with Gasteiger partial charge in [0, 0.05) is 37.8 Å². The van der Waals surface area contributed by atoms with Crippen molar-refractivity contribution in [2.75, 3.05) is 33.3 Å². The van der Waals surface area contributed by atoms with Crippen LogP contribution in [0.4, 0.5) is 0 Å². The minimum Gasteiger partial charge on any atom is -0.496 e. The number of hydrogen-bond acceptors (Lipinski definition) is 3. The predicted molar refractivity (Wildman–Crippen MR) is 112 cm³/mol. The quantitative estimate of drug-likeness (QED) is 0.771. The van der Waals surface area contributed by atoms with Gasteiger partial charge in [-0.1, -0.05) is 50.1 Å². The van der Waals surface area contributed by atoms with Crippen molar-refractivity contribution in [2.45, 2.75) is 32.2 Å². The molecule has 140 valence electrons. The van der Waals surface area contributed by atoms with Crippen molar-refractivity contribution >= 4 is 35.6 Å². The number of nitrogens with zero attached hydrogens (tertiary/aromatic N) is 1. The first kappa shape index (κ1) is 22.0. The fourth-order valence-corrected chi connectivity index (χ4v) is 3.70. The van der Waals surface area contributed by atoms with E-state index in [0.29, 0.717) is 6.04 Å². The van der Waals surface area contributed by atoms with Crippen LogP contribution in [0.25, 0.3) is 10.8 Å². The first-order valence-corrected chi connectivity index (χ1v) is 8.85. The lowest BCUT2D eigenvalue weighted by molar-refractivity contribution is 0.161. The van der Waals surface area contributed by atoms with E-state index in [1.54, 1.807) is 7.11 Å². The molecule has 1 fully saturated rings. The Balaban J connectivity index is 0.00000156. The molecule has 3 rings (SSSR count). The Morgan fingerprint density at radius 3 is 2.48 bits per heavy atom. The van der Waals surface area contributed by atoms with Crippen LogP contribution in [-0.4, -0.2) is 38.2 Å². The van der Waals surface area contributed by atoms with Crippen molar-refractivity contribution in [3.05, 3.63) is 42.0 Å². The number of fused-ring (bicyclic) bond motifs is 1. The molecule has 0 amide bonds. The number of unbranched alkanes of at least 4 members (excludes halogenated alkanes) is 1. The van der Waals surface area contributed by atoms with Crippen LogP contribution in [-0.2, 0) is 0 Å². The zero-order valence-corrected chi connectivity index (χ0v) is 16.8. The Hall–Kier alpha value is -1.00. The molecule has 0 spiro atoms. The van der Waals surface area contributed by atoms with Gasteiger partial charge in [0.15, 0.2) is 0 Å². The Kier molecular flexibility index (Phi) is 9.58. The van der Waals surface area contributed by atoms with Gasteiger partial charge in [-0.15, -0.1) is 24.8 Å². The Morgan fingerprint density at radius 2 is 1.80 bits per heavy atom. The highest BCUT2D eigenvalue weighted by atomic mass is 35.5. The molecule has 25 heavy (non-hydrogen) atoms. The third kappa shape index (κ3) is 5.01. The molecular formula is C20H30Cl2N2O. The van der Waals surface area contributed by atoms with Gasteiger partial charge in [-0.05, 0) is 23.3 Å². The lowest BCUT2D eigenvalue weighted by Gasteiger charge is -2.36. The molecule has 0 saturated carbocycles. The maximum absolute atomic E-state index is 5.76. The van der Waals surface area contributed by atoms with Gasteiger partial charge in [0.1, 0.15) is 5.75 Å². The molecule has 1 saturated heterocycles. The fraction of sp³-hybridized carbons (Fsp3) is 0.500. The van der Waals surface area contributed by atoms with Crippen LogP contribution in [0.2, 0.25) is 0 Å². The second kappa shape index (κ2) is 10.9. The van der Waals surface area contributed by atoms with Crippen molar-refractivity contribution in [3.8, 4) is 5.75 Å². The summed E-state index contributed by atoms with van der Waals surface area (Å²) in [6.07, 6.45) is 3.68. The van der Waals surface area contributed by atoms with E-state index in [1.165, 1.54) is 35.6 Å². The Labute approximate surface area is 163 Å². The predicted octanol–water partition coefficient (Wildman–Crippen LogP) is 4.83. The molecule has 1 atom stereocenters. The lowest BCUT2D eigenvalue weighted by Crippen LogP contribution is -2.45. The molecule has 2 aromatic carbocycles. The van der Waals surface area contributed by atoms with Gasteiger partial charge in [0.2, 0.25) is 0 Å². The maximum atomic E-state index is 5.76. The summed E-state index contributed by atoms with van der Waals surface area (Å²) in [5.41, 5.74) is 1.38. The summed E-state index contributed by atoms with van der Waals surface area (Å²) in [5.74, 6) is 1.03. The summed E-state index contributed by atoms with van der Waals surface area (Å²) >= 11 is 0. The van der Waals surface area contributed by atoms with Gasteiger partial charge in [-0.2, -0.15) is 0 Å². The van der Waals surface area contributed by atoms with E-state index in [4.69, 9.17) is 4.74 Å². The highest BCUT2D eigenvalue weighted by Gasteiger charge is 2.26. The molecule has 1 heterocycles. The SMILES string of the molecule is CCCC[C@@H](c1c(OC)ccc2ccccc12)N1CCNCC1.Cl.Cl. The molecule has 5 heteroatoms. The molecule has 1 aliphatic rings. The van der Waals surface area contributed by atoms with Gasteiger partial charge in [0.05, 0.1) is 7.11 Å². The van der Waals surface area contributed by atoms with Crippen LogP contribution < -0.4 is 10.1 Å². The zero-order chi connectivity index (χ0) is 16.1. The van der Waals surface area contributed by atoms with Crippen LogP contribution in [0.5, 0.6) is 5.75 Å². The third-order valence-corrected chi connectivity index (χ3v) is 4.91. The Morgan fingerprint density at radius 1 is 1.08 bits per heavy atom. The molecule has 0 aliphatic carbocycles. The Bertz CT molecular complexity index is 645. The van der Waals surface area contributed by atoms with Gasteiger partial charge in [-0.3, -0.25) is 4.90 Å². The van der Waals surface area contributed by atoms with Crippen LogP contribution in [0.1, 0.15) is 37.8 Å². The number of ether oxygens (including phenoxy) is 1. The van der Waals surface area contributed by atoms with E-state index in [0.717, 1.165) is 31.9 Å². The molecule has 0 aromatic heterocycles. The summed E-state index contributed by atoms with van der Waals surface area (Å²) in [5, 5.41) is 6.11. The summed E-state index contributed by atoms with van der Waals surface area (Å²) in [4.78, 5) is 2.64. The monoisotopic (exact) mass is 384 g/mol. The number of benzene rings is 2. The van der Waals surface area contributed by atoms with Crippen LogP contribution in [0.3, 0.4) is 0 Å². The number of nitrogens with one attached hydrogen (secondary N) is 1. The molecule has 3 nitrogen and oxygen atoms in total. The largest absolute Gasteiger partial charge is 0.496 e. The van der Waals surface area contributed by atoms with Crippen molar-refractivity contribution in [1.29, 1.82) is 0 Å². The van der Waals surface area contributed by atoms with Crippen molar-refractivity contribution in [3.63, 3.8) is 0 Å². The smallest absolute Gasteiger partial charge is 0.124 e. The highest BCUT2D eigenvalue weighted by Crippen LogP contribution is 2.38. The summed E-state index contributed by atoms with van der Waals surface area (Å²) in [7, 11) is 1.79. The number of methoxy groups -OCH3 is 1. The van der Waals surface area contributed by atoms with E-state index in [9.17, 15) is 0 Å². The fourth-order valence-electron chi connectivity index (χ4n) is 3.70. The molecule has 0 unspecified atom stereocenters. The van der Waals surface area contributed by atoms with E-state index in [1.807, 2.05) is 0 Å². The number of hydrogen-bond donors (Lipinski definition) is 1. The summed E-state index contributed by atoms with van der Waals surface area (Å²) in [6, 6.07) is 13.5. The molecule has 0 bridgehead atoms. The lowest BCUT2D eigenvalue weighted by atomic mass is 9.92. The number of halogens is 2. The van der Waals surface area contributed by atoms with Gasteiger partial charge >= 0.3 is 0 Å². The van der Waals surface area contributed by atoms with Crippen LogP contribution >= 0.6 is 24.8 Å². The van der Waals surface area contributed by atoms with Crippen molar-refractivity contribution in [2.24, 2.45) is 0 Å². The standard InChI is InChI=1S/C20H28N2O.2ClH/c1-3-4-9-18(22-14-12-21-13-15-22)20-17-8-6-5-7-16(17)10-11-19(20)23-2;;/h5-8,10-11,18,21H,3-4,9,12-15H2,1-2H3;2*1H/t18-;;/m0../s1. The van der Waals surface area contributed by atoms with E-state index in [2.05, 4.69) is 53.5 Å².